The number of aromatic nitrogens is 1. The maximum absolute atomic E-state index is 12.4. The predicted octanol–water partition coefficient (Wildman–Crippen LogP) is 4.07. The predicted molar refractivity (Wildman–Crippen MR) is 88.4 cm³/mol. The first-order valence-electron chi connectivity index (χ1n) is 5.50. The maximum atomic E-state index is 12.4. The molecule has 0 aliphatic heterocycles. The van der Waals surface area contributed by atoms with Crippen molar-refractivity contribution in [1.29, 1.82) is 0 Å². The van der Waals surface area contributed by atoms with Crippen molar-refractivity contribution < 1.29 is 13.2 Å². The Kier molecular flexibility index (Phi) is 5.13. The first kappa shape index (κ1) is 16.5. The summed E-state index contributed by atoms with van der Waals surface area (Å²) in [6, 6.07) is 6.26. The van der Waals surface area contributed by atoms with Gasteiger partial charge in [0, 0.05) is 21.2 Å². The van der Waals surface area contributed by atoms with Crippen LogP contribution in [-0.4, -0.2) is 20.5 Å². The van der Waals surface area contributed by atoms with Crippen molar-refractivity contribution in [3.8, 4) is 5.75 Å². The van der Waals surface area contributed by atoms with Crippen LogP contribution in [0, 0.1) is 0 Å². The molecule has 1 aromatic carbocycles. The van der Waals surface area contributed by atoms with Crippen molar-refractivity contribution >= 4 is 59.2 Å². The molecule has 0 fully saturated rings. The Morgan fingerprint density at radius 3 is 2.57 bits per heavy atom. The lowest BCUT2D eigenvalue weighted by Gasteiger charge is -2.11. The topological polar surface area (TPSA) is 68.3 Å². The third-order valence-corrected chi connectivity index (χ3v) is 5.12. The first-order valence-corrected chi connectivity index (χ1v) is 8.95. The van der Waals surface area contributed by atoms with E-state index in [1.165, 1.54) is 19.4 Å². The van der Waals surface area contributed by atoms with Crippen LogP contribution < -0.4 is 9.46 Å². The number of hydrogen-bond acceptors (Lipinski definition) is 4. The van der Waals surface area contributed by atoms with Crippen molar-refractivity contribution in [2.45, 2.75) is 4.90 Å². The minimum Gasteiger partial charge on any atom is -0.497 e. The number of pyridine rings is 1. The smallest absolute Gasteiger partial charge is 0.265 e. The van der Waals surface area contributed by atoms with Crippen LogP contribution in [0.25, 0.3) is 0 Å². The fourth-order valence-electron chi connectivity index (χ4n) is 1.54. The van der Waals surface area contributed by atoms with E-state index in [2.05, 4.69) is 41.6 Å². The van der Waals surface area contributed by atoms with Gasteiger partial charge in [0.25, 0.3) is 10.0 Å². The SMILES string of the molecule is COc1cc(Br)cc(NS(=O)(=O)c2cc(Br)cnc2Cl)c1. The number of benzene rings is 1. The van der Waals surface area contributed by atoms with E-state index in [0.717, 1.165) is 0 Å². The molecule has 2 aromatic rings. The van der Waals surface area contributed by atoms with Crippen LogP contribution in [0.4, 0.5) is 5.69 Å². The van der Waals surface area contributed by atoms with Crippen LogP contribution in [0.15, 0.2) is 44.3 Å². The quantitative estimate of drug-likeness (QED) is 0.705. The number of hydrogen-bond donors (Lipinski definition) is 1. The van der Waals surface area contributed by atoms with E-state index in [4.69, 9.17) is 16.3 Å². The van der Waals surface area contributed by atoms with Gasteiger partial charge in [0.2, 0.25) is 0 Å². The van der Waals surface area contributed by atoms with Gasteiger partial charge in [0.1, 0.15) is 15.8 Å². The lowest BCUT2D eigenvalue weighted by molar-refractivity contribution is 0.415. The van der Waals surface area contributed by atoms with Gasteiger partial charge in [-0.1, -0.05) is 27.5 Å². The van der Waals surface area contributed by atoms with Gasteiger partial charge in [-0.05, 0) is 34.1 Å². The average molecular weight is 457 g/mol. The van der Waals surface area contributed by atoms with Gasteiger partial charge >= 0.3 is 0 Å². The summed E-state index contributed by atoms with van der Waals surface area (Å²) in [5.74, 6) is 0.514. The molecule has 1 aromatic heterocycles. The van der Waals surface area contributed by atoms with Crippen molar-refractivity contribution in [2.24, 2.45) is 0 Å². The monoisotopic (exact) mass is 454 g/mol. The molecule has 0 spiro atoms. The lowest BCUT2D eigenvalue weighted by atomic mass is 10.3. The summed E-state index contributed by atoms with van der Waals surface area (Å²) in [5, 5.41) is -0.104. The Morgan fingerprint density at radius 1 is 1.19 bits per heavy atom. The second kappa shape index (κ2) is 6.51. The minimum absolute atomic E-state index is 0.104. The molecule has 21 heavy (non-hydrogen) atoms. The van der Waals surface area contributed by atoms with Crippen LogP contribution in [0.2, 0.25) is 5.15 Å². The zero-order valence-electron chi connectivity index (χ0n) is 10.6. The van der Waals surface area contributed by atoms with Crippen LogP contribution in [-0.2, 0) is 10.0 Å². The van der Waals surface area contributed by atoms with Crippen LogP contribution in [0.5, 0.6) is 5.75 Å². The molecule has 1 heterocycles. The van der Waals surface area contributed by atoms with E-state index in [-0.39, 0.29) is 10.0 Å². The van der Waals surface area contributed by atoms with E-state index in [1.54, 1.807) is 18.2 Å². The molecule has 0 amide bonds. The zero-order valence-corrected chi connectivity index (χ0v) is 15.3. The molecular formula is C12H9Br2ClN2O3S. The Labute approximate surface area is 144 Å². The highest BCUT2D eigenvalue weighted by molar-refractivity contribution is 9.10. The molecule has 0 saturated carbocycles. The lowest BCUT2D eigenvalue weighted by Crippen LogP contribution is -2.14. The number of methoxy groups -OCH3 is 1. The van der Waals surface area contributed by atoms with Gasteiger partial charge in [0.15, 0.2) is 0 Å². The molecule has 112 valence electrons. The number of halogens is 3. The zero-order chi connectivity index (χ0) is 15.6. The molecule has 0 radical (unpaired) electrons. The van der Waals surface area contributed by atoms with E-state index in [0.29, 0.717) is 20.4 Å². The van der Waals surface area contributed by atoms with Gasteiger partial charge in [-0.2, -0.15) is 0 Å². The Bertz CT molecular complexity index is 784. The van der Waals surface area contributed by atoms with Crippen molar-refractivity contribution in [2.75, 3.05) is 11.8 Å². The number of ether oxygens (including phenoxy) is 1. The third-order valence-electron chi connectivity index (χ3n) is 2.42. The molecule has 5 nitrogen and oxygen atoms in total. The van der Waals surface area contributed by atoms with Crippen LogP contribution in [0.1, 0.15) is 0 Å². The molecule has 0 aliphatic rings. The van der Waals surface area contributed by atoms with Crippen molar-refractivity contribution in [3.63, 3.8) is 0 Å². The molecule has 9 heteroatoms. The van der Waals surface area contributed by atoms with Crippen molar-refractivity contribution in [3.05, 3.63) is 44.6 Å². The fourth-order valence-corrected chi connectivity index (χ4v) is 4.00. The Balaban J connectivity index is 2.42. The van der Waals surface area contributed by atoms with Gasteiger partial charge in [-0.25, -0.2) is 13.4 Å². The minimum atomic E-state index is -3.86. The molecule has 2 rings (SSSR count). The average Bonchev–Trinajstić information content (AvgIpc) is 2.40. The largest absolute Gasteiger partial charge is 0.497 e. The fraction of sp³-hybridized carbons (Fsp3) is 0.0833. The van der Waals surface area contributed by atoms with E-state index in [1.807, 2.05) is 0 Å². The summed E-state index contributed by atoms with van der Waals surface area (Å²) in [6.45, 7) is 0. The summed E-state index contributed by atoms with van der Waals surface area (Å²) < 4.78 is 33.5. The number of nitrogens with zero attached hydrogens (tertiary/aromatic N) is 1. The van der Waals surface area contributed by atoms with E-state index < -0.39 is 10.0 Å². The summed E-state index contributed by atoms with van der Waals surface area (Å²) in [4.78, 5) is 3.69. The highest BCUT2D eigenvalue weighted by atomic mass is 79.9. The molecule has 0 unspecified atom stereocenters. The van der Waals surface area contributed by atoms with Gasteiger partial charge in [-0.15, -0.1) is 0 Å². The van der Waals surface area contributed by atoms with E-state index >= 15 is 0 Å². The standard InChI is InChI=1S/C12H9Br2ClN2O3S/c1-20-10-3-7(13)2-9(5-10)17-21(18,19)11-4-8(14)6-16-12(11)15/h2-6,17H,1H3. The summed E-state index contributed by atoms with van der Waals surface area (Å²) in [5.41, 5.74) is 0.345. The van der Waals surface area contributed by atoms with Crippen molar-refractivity contribution in [1.82, 2.24) is 4.98 Å². The van der Waals surface area contributed by atoms with Gasteiger partial charge in [0.05, 0.1) is 12.8 Å². The molecule has 0 atom stereocenters. The first-order chi connectivity index (χ1) is 9.81. The summed E-state index contributed by atoms with van der Waals surface area (Å²) in [6.07, 6.45) is 1.42. The third kappa shape index (κ3) is 4.09. The maximum Gasteiger partial charge on any atom is 0.265 e. The second-order valence-electron chi connectivity index (χ2n) is 3.93. The highest BCUT2D eigenvalue weighted by Crippen LogP contribution is 2.28. The Hall–Kier alpha value is -0.830. The van der Waals surface area contributed by atoms with Gasteiger partial charge < -0.3 is 4.74 Å². The number of nitrogens with one attached hydrogen (secondary N) is 1. The number of sulfonamides is 1. The molecule has 1 N–H and O–H groups in total. The normalized spacial score (nSPS) is 11.2. The van der Waals surface area contributed by atoms with Crippen LogP contribution >= 0.6 is 43.5 Å². The van der Waals surface area contributed by atoms with Crippen LogP contribution in [0.3, 0.4) is 0 Å². The number of rotatable bonds is 4. The summed E-state index contributed by atoms with van der Waals surface area (Å²) >= 11 is 12.3. The second-order valence-corrected chi connectivity index (χ2v) is 7.77. The molecule has 0 saturated heterocycles. The highest BCUT2D eigenvalue weighted by Gasteiger charge is 2.20. The molecule has 0 bridgehead atoms. The number of anilines is 1. The molecule has 0 aliphatic carbocycles. The summed E-state index contributed by atoms with van der Waals surface area (Å²) in [7, 11) is -2.36. The van der Waals surface area contributed by atoms with Gasteiger partial charge in [-0.3, -0.25) is 4.72 Å². The Morgan fingerprint density at radius 2 is 1.90 bits per heavy atom. The molecular weight excluding hydrogens is 447 g/mol. The van der Waals surface area contributed by atoms with E-state index in [9.17, 15) is 8.42 Å².